The van der Waals surface area contributed by atoms with Crippen molar-refractivity contribution in [3.8, 4) is 0 Å². The number of alkyl halides is 2. The van der Waals surface area contributed by atoms with Crippen molar-refractivity contribution in [2.45, 2.75) is 63.7 Å². The molecule has 2 fully saturated rings. The van der Waals surface area contributed by atoms with Gasteiger partial charge in [-0.1, -0.05) is 13.3 Å². The molecule has 2 rings (SSSR count). The lowest BCUT2D eigenvalue weighted by molar-refractivity contribution is -0.199. The summed E-state index contributed by atoms with van der Waals surface area (Å²) in [6, 6.07) is 0. The van der Waals surface area contributed by atoms with Gasteiger partial charge in [0.1, 0.15) is 11.8 Å². The molecule has 1 saturated heterocycles. The lowest BCUT2D eigenvalue weighted by atomic mass is 9.81. The Morgan fingerprint density at radius 3 is 2.56 bits per heavy atom. The molecule has 1 heterocycles. The number of nitrogens with one attached hydrogen (secondary N) is 1. The molecule has 1 unspecified atom stereocenters. The summed E-state index contributed by atoms with van der Waals surface area (Å²) in [5.74, 6) is 0.753. The van der Waals surface area contributed by atoms with Crippen LogP contribution in [-0.4, -0.2) is 24.8 Å². The van der Waals surface area contributed by atoms with Crippen molar-refractivity contribution in [3.05, 3.63) is 0 Å². The van der Waals surface area contributed by atoms with Crippen molar-refractivity contribution >= 4 is 0 Å². The molecule has 1 spiro atoms. The lowest BCUT2D eigenvalue weighted by Gasteiger charge is -2.46. The third-order valence-electron chi connectivity index (χ3n) is 4.02. The summed E-state index contributed by atoms with van der Waals surface area (Å²) in [7, 11) is 0. The Labute approximate surface area is 95.7 Å². The van der Waals surface area contributed by atoms with Crippen LogP contribution in [-0.2, 0) is 4.74 Å². The first-order chi connectivity index (χ1) is 7.65. The van der Waals surface area contributed by atoms with E-state index in [1.54, 1.807) is 0 Å². The summed E-state index contributed by atoms with van der Waals surface area (Å²) in [5.41, 5.74) is -0.439. The fourth-order valence-electron chi connectivity index (χ4n) is 2.86. The molecule has 1 aliphatic heterocycles. The zero-order chi connectivity index (χ0) is 11.6. The first kappa shape index (κ1) is 12.2. The first-order valence-electron chi connectivity index (χ1n) is 6.36. The summed E-state index contributed by atoms with van der Waals surface area (Å²) in [5, 5.41) is 3.31. The van der Waals surface area contributed by atoms with Crippen LogP contribution in [0.5, 0.6) is 0 Å². The van der Waals surface area contributed by atoms with Gasteiger partial charge >= 0.3 is 0 Å². The fourth-order valence-corrected chi connectivity index (χ4v) is 2.86. The average molecular weight is 233 g/mol. The van der Waals surface area contributed by atoms with E-state index in [2.05, 4.69) is 12.2 Å². The van der Waals surface area contributed by atoms with Gasteiger partial charge in [-0.3, -0.25) is 5.32 Å². The van der Waals surface area contributed by atoms with Crippen LogP contribution < -0.4 is 5.32 Å². The largest absolute Gasteiger partial charge is 0.351 e. The van der Waals surface area contributed by atoms with Gasteiger partial charge in [0.2, 0.25) is 0 Å². The van der Waals surface area contributed by atoms with Crippen LogP contribution >= 0.6 is 0 Å². The number of hydrogen-bond acceptors (Lipinski definition) is 2. The Bertz CT molecular complexity index is 227. The van der Waals surface area contributed by atoms with Crippen LogP contribution in [0, 0.1) is 5.92 Å². The minimum atomic E-state index is -2.34. The van der Waals surface area contributed by atoms with Gasteiger partial charge in [-0.2, -0.15) is 0 Å². The van der Waals surface area contributed by atoms with Gasteiger partial charge in [0, 0.05) is 6.54 Å². The van der Waals surface area contributed by atoms with Crippen LogP contribution in [0.25, 0.3) is 0 Å². The Hall–Kier alpha value is -0.220. The van der Waals surface area contributed by atoms with Crippen LogP contribution in [0.2, 0.25) is 0 Å². The SMILES string of the molecule is CCC1CCC2(CC1)NCCC(C(F)F)O2. The maximum atomic E-state index is 12.6. The van der Waals surface area contributed by atoms with Crippen LogP contribution in [0.15, 0.2) is 0 Å². The summed E-state index contributed by atoms with van der Waals surface area (Å²) >= 11 is 0. The predicted octanol–water partition coefficient (Wildman–Crippen LogP) is 2.93. The molecule has 0 amide bonds. The van der Waals surface area contributed by atoms with Gasteiger partial charge in [0.25, 0.3) is 6.43 Å². The quantitative estimate of drug-likeness (QED) is 0.791. The number of halogens is 2. The van der Waals surface area contributed by atoms with Crippen molar-refractivity contribution in [2.75, 3.05) is 6.54 Å². The maximum absolute atomic E-state index is 12.6. The van der Waals surface area contributed by atoms with Crippen LogP contribution in [0.3, 0.4) is 0 Å². The molecule has 0 bridgehead atoms. The van der Waals surface area contributed by atoms with E-state index in [0.717, 1.165) is 31.6 Å². The molecule has 0 aromatic heterocycles. The van der Waals surface area contributed by atoms with Crippen LogP contribution in [0.4, 0.5) is 8.78 Å². The second-order valence-corrected chi connectivity index (χ2v) is 5.05. The molecule has 1 N–H and O–H groups in total. The number of ether oxygens (including phenoxy) is 1. The van der Waals surface area contributed by atoms with Gasteiger partial charge in [-0.15, -0.1) is 0 Å². The van der Waals surface area contributed by atoms with E-state index >= 15 is 0 Å². The Kier molecular flexibility index (Phi) is 3.80. The molecule has 0 radical (unpaired) electrons. The second-order valence-electron chi connectivity index (χ2n) is 5.05. The molecule has 2 nitrogen and oxygen atoms in total. The smallest absolute Gasteiger partial charge is 0.264 e. The van der Waals surface area contributed by atoms with Gasteiger partial charge < -0.3 is 4.74 Å². The third-order valence-corrected chi connectivity index (χ3v) is 4.02. The molecule has 94 valence electrons. The topological polar surface area (TPSA) is 21.3 Å². The number of rotatable bonds is 2. The molecule has 16 heavy (non-hydrogen) atoms. The Balaban J connectivity index is 1.93. The minimum absolute atomic E-state index is 0.427. The maximum Gasteiger partial charge on any atom is 0.264 e. The standard InChI is InChI=1S/C12H21F2NO/c1-2-9-3-6-12(7-4-9)15-8-5-10(16-12)11(13)14/h9-11,15H,2-8H2,1H3. The number of hydrogen-bond donors (Lipinski definition) is 1. The van der Waals surface area contributed by atoms with Crippen molar-refractivity contribution in [3.63, 3.8) is 0 Å². The summed E-state index contributed by atoms with van der Waals surface area (Å²) < 4.78 is 30.9. The minimum Gasteiger partial charge on any atom is -0.351 e. The summed E-state index contributed by atoms with van der Waals surface area (Å²) in [4.78, 5) is 0. The van der Waals surface area contributed by atoms with Crippen molar-refractivity contribution < 1.29 is 13.5 Å². The van der Waals surface area contributed by atoms with Gasteiger partial charge in [-0.25, -0.2) is 8.78 Å². The van der Waals surface area contributed by atoms with E-state index in [0.29, 0.717) is 13.0 Å². The normalized spacial score (nSPS) is 40.5. The molecular formula is C12H21F2NO. The first-order valence-corrected chi connectivity index (χ1v) is 6.36. The van der Waals surface area contributed by atoms with Gasteiger partial charge in [0.05, 0.1) is 0 Å². The zero-order valence-corrected chi connectivity index (χ0v) is 9.85. The zero-order valence-electron chi connectivity index (χ0n) is 9.85. The molecule has 1 aliphatic carbocycles. The summed E-state index contributed by atoms with van der Waals surface area (Å²) in [6.07, 6.45) is 2.37. The van der Waals surface area contributed by atoms with E-state index in [1.165, 1.54) is 6.42 Å². The Morgan fingerprint density at radius 1 is 1.31 bits per heavy atom. The highest BCUT2D eigenvalue weighted by Gasteiger charge is 2.42. The molecule has 1 atom stereocenters. The molecule has 2 aliphatic rings. The molecule has 0 aromatic carbocycles. The molecule has 4 heteroatoms. The second kappa shape index (κ2) is 4.96. The van der Waals surface area contributed by atoms with Crippen LogP contribution in [0.1, 0.15) is 45.4 Å². The van der Waals surface area contributed by atoms with E-state index in [4.69, 9.17) is 4.74 Å². The van der Waals surface area contributed by atoms with E-state index in [9.17, 15) is 8.78 Å². The van der Waals surface area contributed by atoms with Crippen molar-refractivity contribution in [1.29, 1.82) is 0 Å². The average Bonchev–Trinajstić information content (AvgIpc) is 2.30. The van der Waals surface area contributed by atoms with E-state index < -0.39 is 18.3 Å². The third kappa shape index (κ3) is 2.54. The Morgan fingerprint density at radius 2 is 2.00 bits per heavy atom. The van der Waals surface area contributed by atoms with E-state index in [1.807, 2.05) is 0 Å². The van der Waals surface area contributed by atoms with Gasteiger partial charge in [0.15, 0.2) is 0 Å². The highest BCUT2D eigenvalue weighted by atomic mass is 19.3. The van der Waals surface area contributed by atoms with Crippen molar-refractivity contribution in [2.24, 2.45) is 5.92 Å². The summed E-state index contributed by atoms with van der Waals surface area (Å²) in [6.45, 7) is 2.85. The molecule has 1 saturated carbocycles. The van der Waals surface area contributed by atoms with E-state index in [-0.39, 0.29) is 0 Å². The highest BCUT2D eigenvalue weighted by Crippen LogP contribution is 2.37. The lowest BCUT2D eigenvalue weighted by Crippen LogP contribution is -2.57. The van der Waals surface area contributed by atoms with Gasteiger partial charge in [-0.05, 0) is 38.0 Å². The molecular weight excluding hydrogens is 212 g/mol. The molecule has 0 aromatic rings. The monoisotopic (exact) mass is 233 g/mol. The van der Waals surface area contributed by atoms with Crippen molar-refractivity contribution in [1.82, 2.24) is 5.32 Å². The highest BCUT2D eigenvalue weighted by molar-refractivity contribution is 4.89. The fraction of sp³-hybridized carbons (Fsp3) is 1.00. The predicted molar refractivity (Wildman–Crippen MR) is 58.5 cm³/mol.